The predicted octanol–water partition coefficient (Wildman–Crippen LogP) is 4.61. The van der Waals surface area contributed by atoms with Crippen LogP contribution in [0.25, 0.3) is 0 Å². The minimum absolute atomic E-state index is 0.447. The summed E-state index contributed by atoms with van der Waals surface area (Å²) in [5, 5.41) is 3.48. The first-order chi connectivity index (χ1) is 10.1. The maximum atomic E-state index is 3.58. The van der Waals surface area contributed by atoms with Gasteiger partial charge in [0.2, 0.25) is 0 Å². The molecule has 0 saturated heterocycles. The van der Waals surface area contributed by atoms with Gasteiger partial charge in [0.25, 0.3) is 0 Å². The fourth-order valence-electron chi connectivity index (χ4n) is 2.84. The average molecular weight is 353 g/mol. The van der Waals surface area contributed by atoms with E-state index in [1.54, 1.807) is 0 Å². The highest BCUT2D eigenvalue weighted by Crippen LogP contribution is 2.29. The number of halogens is 1. The first-order valence-electron chi connectivity index (χ1n) is 8.27. The van der Waals surface area contributed by atoms with Gasteiger partial charge in [-0.15, -0.1) is 0 Å². The molecule has 1 aliphatic rings. The molecule has 1 fully saturated rings. The Morgan fingerprint density at radius 1 is 1.24 bits per heavy atom. The molecule has 0 spiro atoms. The minimum Gasteiger partial charge on any atom is -0.313 e. The van der Waals surface area contributed by atoms with Crippen LogP contribution in [0.15, 0.2) is 28.7 Å². The van der Waals surface area contributed by atoms with E-state index in [2.05, 4.69) is 71.3 Å². The van der Waals surface area contributed by atoms with Crippen LogP contribution in [0.4, 0.5) is 0 Å². The fourth-order valence-corrected chi connectivity index (χ4v) is 3.25. The number of hydrogen-bond acceptors (Lipinski definition) is 2. The summed E-state index contributed by atoms with van der Waals surface area (Å²) in [5.41, 5.74) is 1.38. The van der Waals surface area contributed by atoms with Gasteiger partial charge in [-0.2, -0.15) is 0 Å². The third-order valence-corrected chi connectivity index (χ3v) is 4.85. The zero-order chi connectivity index (χ0) is 15.2. The van der Waals surface area contributed by atoms with Crippen molar-refractivity contribution in [3.63, 3.8) is 0 Å². The Bertz CT molecular complexity index is 429. The van der Waals surface area contributed by atoms with Crippen molar-refractivity contribution in [2.24, 2.45) is 5.92 Å². The molecule has 0 aromatic heterocycles. The van der Waals surface area contributed by atoms with Gasteiger partial charge in [-0.25, -0.2) is 0 Å². The SMILES string of the molecule is CNC(CCN(CCC(C)C)C1CC1)c1cccc(Br)c1. The Labute approximate surface area is 138 Å². The van der Waals surface area contributed by atoms with Crippen molar-refractivity contribution < 1.29 is 0 Å². The van der Waals surface area contributed by atoms with Crippen LogP contribution < -0.4 is 5.32 Å². The van der Waals surface area contributed by atoms with Crippen LogP contribution in [0.5, 0.6) is 0 Å². The largest absolute Gasteiger partial charge is 0.313 e. The topological polar surface area (TPSA) is 15.3 Å². The molecule has 2 rings (SSSR count). The standard InChI is InChI=1S/C18H29BrN2/c1-14(2)9-11-21(17-7-8-17)12-10-18(20-3)15-5-4-6-16(19)13-15/h4-6,13-14,17-18,20H,7-12H2,1-3H3. The van der Waals surface area contributed by atoms with Crippen LogP contribution >= 0.6 is 15.9 Å². The molecule has 1 aromatic carbocycles. The highest BCUT2D eigenvalue weighted by atomic mass is 79.9. The van der Waals surface area contributed by atoms with Crippen LogP contribution in [-0.4, -0.2) is 31.1 Å². The van der Waals surface area contributed by atoms with Gasteiger partial charge >= 0.3 is 0 Å². The molecule has 1 N–H and O–H groups in total. The molecule has 118 valence electrons. The maximum absolute atomic E-state index is 3.58. The summed E-state index contributed by atoms with van der Waals surface area (Å²) >= 11 is 3.58. The molecule has 0 bridgehead atoms. The molecule has 0 amide bonds. The third kappa shape index (κ3) is 5.72. The zero-order valence-electron chi connectivity index (χ0n) is 13.6. The van der Waals surface area contributed by atoms with Crippen molar-refractivity contribution in [2.75, 3.05) is 20.1 Å². The van der Waals surface area contributed by atoms with Gasteiger partial charge in [0.15, 0.2) is 0 Å². The van der Waals surface area contributed by atoms with E-state index in [1.807, 2.05) is 0 Å². The molecular formula is C18H29BrN2. The fraction of sp³-hybridized carbons (Fsp3) is 0.667. The van der Waals surface area contributed by atoms with E-state index in [0.29, 0.717) is 6.04 Å². The zero-order valence-corrected chi connectivity index (χ0v) is 15.2. The van der Waals surface area contributed by atoms with Crippen molar-refractivity contribution in [3.8, 4) is 0 Å². The summed E-state index contributed by atoms with van der Waals surface area (Å²) in [6.45, 7) is 7.11. The van der Waals surface area contributed by atoms with E-state index in [4.69, 9.17) is 0 Å². The molecule has 1 saturated carbocycles. The Hall–Kier alpha value is -0.380. The predicted molar refractivity (Wildman–Crippen MR) is 94.6 cm³/mol. The van der Waals surface area contributed by atoms with Gasteiger partial charge in [0.05, 0.1) is 0 Å². The van der Waals surface area contributed by atoms with Gasteiger partial charge in [-0.1, -0.05) is 41.9 Å². The summed E-state index contributed by atoms with van der Waals surface area (Å²) in [4.78, 5) is 2.71. The summed E-state index contributed by atoms with van der Waals surface area (Å²) < 4.78 is 1.17. The monoisotopic (exact) mass is 352 g/mol. The van der Waals surface area contributed by atoms with Gasteiger partial charge in [0, 0.05) is 23.1 Å². The van der Waals surface area contributed by atoms with E-state index >= 15 is 0 Å². The lowest BCUT2D eigenvalue weighted by Crippen LogP contribution is -2.31. The summed E-state index contributed by atoms with van der Waals surface area (Å²) in [7, 11) is 2.07. The molecule has 1 aromatic rings. The number of benzene rings is 1. The van der Waals surface area contributed by atoms with Crippen LogP contribution in [0.2, 0.25) is 0 Å². The molecule has 3 heteroatoms. The number of hydrogen-bond donors (Lipinski definition) is 1. The van der Waals surface area contributed by atoms with Crippen molar-refractivity contribution in [1.29, 1.82) is 0 Å². The van der Waals surface area contributed by atoms with E-state index in [9.17, 15) is 0 Å². The molecule has 21 heavy (non-hydrogen) atoms. The smallest absolute Gasteiger partial charge is 0.0330 e. The molecule has 1 aliphatic carbocycles. The summed E-state index contributed by atoms with van der Waals surface area (Å²) in [5.74, 6) is 0.802. The lowest BCUT2D eigenvalue weighted by atomic mass is 10.0. The van der Waals surface area contributed by atoms with Crippen molar-refractivity contribution in [1.82, 2.24) is 10.2 Å². The molecule has 0 radical (unpaired) electrons. The average Bonchev–Trinajstić information content (AvgIpc) is 3.27. The molecule has 2 nitrogen and oxygen atoms in total. The van der Waals surface area contributed by atoms with Gasteiger partial charge in [0.1, 0.15) is 0 Å². The van der Waals surface area contributed by atoms with E-state index in [0.717, 1.165) is 12.0 Å². The maximum Gasteiger partial charge on any atom is 0.0330 e. The van der Waals surface area contributed by atoms with Crippen LogP contribution in [0.1, 0.15) is 51.1 Å². The van der Waals surface area contributed by atoms with Gasteiger partial charge in [-0.3, -0.25) is 0 Å². The number of nitrogens with zero attached hydrogens (tertiary/aromatic N) is 1. The van der Waals surface area contributed by atoms with Crippen LogP contribution in [0, 0.1) is 5.92 Å². The van der Waals surface area contributed by atoms with Crippen molar-refractivity contribution in [2.45, 2.75) is 51.6 Å². The van der Waals surface area contributed by atoms with E-state index in [1.165, 1.54) is 48.8 Å². The summed E-state index contributed by atoms with van der Waals surface area (Å²) in [6, 6.07) is 9.99. The molecule has 1 atom stereocenters. The molecular weight excluding hydrogens is 324 g/mol. The van der Waals surface area contributed by atoms with Crippen molar-refractivity contribution >= 4 is 15.9 Å². The van der Waals surface area contributed by atoms with E-state index < -0.39 is 0 Å². The van der Waals surface area contributed by atoms with Crippen LogP contribution in [-0.2, 0) is 0 Å². The second kappa shape index (κ2) is 8.30. The second-order valence-corrected chi connectivity index (χ2v) is 7.55. The first kappa shape index (κ1) is 17.0. The molecule has 0 aliphatic heterocycles. The Morgan fingerprint density at radius 3 is 2.52 bits per heavy atom. The third-order valence-electron chi connectivity index (χ3n) is 4.36. The first-order valence-corrected chi connectivity index (χ1v) is 9.06. The number of nitrogens with one attached hydrogen (secondary N) is 1. The molecule has 1 unspecified atom stereocenters. The normalized spacial score (nSPS) is 16.7. The lowest BCUT2D eigenvalue weighted by molar-refractivity contribution is 0.235. The van der Waals surface area contributed by atoms with Crippen LogP contribution in [0.3, 0.4) is 0 Å². The summed E-state index contributed by atoms with van der Waals surface area (Å²) in [6.07, 6.45) is 5.30. The Balaban J connectivity index is 1.88. The minimum atomic E-state index is 0.447. The number of rotatable bonds is 9. The van der Waals surface area contributed by atoms with Gasteiger partial charge < -0.3 is 10.2 Å². The second-order valence-electron chi connectivity index (χ2n) is 6.63. The Morgan fingerprint density at radius 2 is 1.95 bits per heavy atom. The Kier molecular flexibility index (Phi) is 6.72. The lowest BCUT2D eigenvalue weighted by Gasteiger charge is -2.26. The van der Waals surface area contributed by atoms with E-state index in [-0.39, 0.29) is 0 Å². The van der Waals surface area contributed by atoms with Crippen molar-refractivity contribution in [3.05, 3.63) is 34.3 Å². The van der Waals surface area contributed by atoms with Gasteiger partial charge in [-0.05, 0) is 62.9 Å². The quantitative estimate of drug-likeness (QED) is 0.697. The molecule has 0 heterocycles. The highest BCUT2D eigenvalue weighted by Gasteiger charge is 2.28. The highest BCUT2D eigenvalue weighted by molar-refractivity contribution is 9.10.